The van der Waals surface area contributed by atoms with E-state index < -0.39 is 0 Å². The normalized spacial score (nSPS) is 10.0. The van der Waals surface area contributed by atoms with Gasteiger partial charge < -0.3 is 31.6 Å². The molecule has 0 saturated heterocycles. The Morgan fingerprint density at radius 2 is 1.79 bits per heavy atom. The number of methoxy groups -OCH3 is 1. The van der Waals surface area contributed by atoms with Gasteiger partial charge in [-0.2, -0.15) is 0 Å². The molecule has 0 bridgehead atoms. The van der Waals surface area contributed by atoms with Gasteiger partial charge in [-0.1, -0.05) is 0 Å². The van der Waals surface area contributed by atoms with E-state index >= 15 is 0 Å². The van der Waals surface area contributed by atoms with Crippen LogP contribution in [-0.4, -0.2) is 57.8 Å². The van der Waals surface area contributed by atoms with Gasteiger partial charge in [0.25, 0.3) is 5.91 Å². The van der Waals surface area contributed by atoms with Crippen molar-refractivity contribution in [2.75, 3.05) is 40.0 Å². The number of nitrogens with zero attached hydrogens (tertiary/aromatic N) is 1. The lowest BCUT2D eigenvalue weighted by atomic mass is 10.2. The third kappa shape index (κ3) is 8.11. The summed E-state index contributed by atoms with van der Waals surface area (Å²) in [5.74, 6) is -0.719. The fraction of sp³-hybridized carbons (Fsp3) is 0.400. The van der Waals surface area contributed by atoms with Crippen LogP contribution in [0.25, 0.3) is 0 Å². The number of rotatable bonds is 10. The quantitative estimate of drug-likeness (QED) is 0.248. The Hall–Kier alpha value is -2.65. The van der Waals surface area contributed by atoms with Crippen molar-refractivity contribution in [1.82, 2.24) is 10.6 Å². The van der Waals surface area contributed by atoms with E-state index in [2.05, 4.69) is 15.6 Å². The van der Waals surface area contributed by atoms with Crippen LogP contribution in [0.3, 0.4) is 0 Å². The Kier molecular flexibility index (Phi) is 8.87. The molecule has 0 unspecified atom stereocenters. The van der Waals surface area contributed by atoms with Crippen molar-refractivity contribution in [1.29, 1.82) is 0 Å². The number of guanidine groups is 1. The lowest BCUT2D eigenvalue weighted by molar-refractivity contribution is -0.120. The average Bonchev–Trinajstić information content (AvgIpc) is 2.56. The molecule has 0 aromatic heterocycles. The second kappa shape index (κ2) is 11.0. The summed E-state index contributed by atoms with van der Waals surface area (Å²) in [6.07, 6.45) is 0. The van der Waals surface area contributed by atoms with Crippen LogP contribution in [0, 0.1) is 0 Å². The van der Waals surface area contributed by atoms with Gasteiger partial charge in [-0.3, -0.25) is 9.59 Å². The average molecular weight is 337 g/mol. The first-order valence-corrected chi connectivity index (χ1v) is 7.34. The highest BCUT2D eigenvalue weighted by molar-refractivity contribution is 5.96. The number of aliphatic imine (C=N–C) groups is 1. The van der Waals surface area contributed by atoms with E-state index in [-0.39, 0.29) is 24.3 Å². The van der Waals surface area contributed by atoms with Gasteiger partial charge >= 0.3 is 0 Å². The van der Waals surface area contributed by atoms with Crippen molar-refractivity contribution >= 4 is 23.5 Å². The van der Waals surface area contributed by atoms with Crippen LogP contribution in [0.2, 0.25) is 0 Å². The molecule has 1 rings (SSSR count). The van der Waals surface area contributed by atoms with Gasteiger partial charge in [-0.05, 0) is 24.3 Å². The third-order valence-electron chi connectivity index (χ3n) is 2.80. The zero-order valence-electron chi connectivity index (χ0n) is 13.6. The molecule has 0 atom stereocenters. The van der Waals surface area contributed by atoms with E-state index in [1.54, 1.807) is 31.4 Å². The van der Waals surface area contributed by atoms with Crippen LogP contribution in [0.1, 0.15) is 10.4 Å². The predicted octanol–water partition coefficient (Wildman–Crippen LogP) is -0.899. The molecule has 0 heterocycles. The summed E-state index contributed by atoms with van der Waals surface area (Å²) < 4.78 is 10.0. The summed E-state index contributed by atoms with van der Waals surface area (Å²) in [5, 5.41) is 5.16. The molecule has 0 fully saturated rings. The van der Waals surface area contributed by atoms with Gasteiger partial charge in [0, 0.05) is 19.2 Å². The number of hydrogen-bond donors (Lipinski definition) is 4. The molecule has 2 amide bonds. The standard InChI is InChI=1S/C15H23N5O4/c1-23-8-9-24-7-6-18-13(21)10-19-14(22)11-2-4-12(5-3-11)20-15(16)17/h2-5H,6-10H2,1H3,(H,18,21)(H,19,22)(H4,16,17,20). The van der Waals surface area contributed by atoms with Crippen LogP contribution >= 0.6 is 0 Å². The number of amides is 2. The molecule has 0 aliphatic heterocycles. The Morgan fingerprint density at radius 1 is 1.08 bits per heavy atom. The SMILES string of the molecule is COCCOCCNC(=O)CNC(=O)c1ccc(N=C(N)N)cc1. The molecule has 6 N–H and O–H groups in total. The molecular weight excluding hydrogens is 314 g/mol. The van der Waals surface area contributed by atoms with Gasteiger partial charge in [0.1, 0.15) is 0 Å². The number of hydrogen-bond acceptors (Lipinski definition) is 5. The van der Waals surface area contributed by atoms with E-state index in [1.807, 2.05) is 0 Å². The van der Waals surface area contributed by atoms with Gasteiger partial charge in [-0.15, -0.1) is 0 Å². The third-order valence-corrected chi connectivity index (χ3v) is 2.80. The van der Waals surface area contributed by atoms with Gasteiger partial charge in [0.2, 0.25) is 5.91 Å². The summed E-state index contributed by atoms with van der Waals surface area (Å²) in [7, 11) is 1.59. The lowest BCUT2D eigenvalue weighted by Gasteiger charge is -2.08. The van der Waals surface area contributed by atoms with Crippen molar-refractivity contribution in [2.45, 2.75) is 0 Å². The van der Waals surface area contributed by atoms with E-state index in [4.69, 9.17) is 20.9 Å². The highest BCUT2D eigenvalue weighted by atomic mass is 16.5. The molecule has 0 saturated carbocycles. The van der Waals surface area contributed by atoms with Crippen LogP contribution in [0.5, 0.6) is 0 Å². The minimum atomic E-state index is -0.363. The Bertz CT molecular complexity index is 555. The lowest BCUT2D eigenvalue weighted by Crippen LogP contribution is -2.38. The maximum Gasteiger partial charge on any atom is 0.251 e. The summed E-state index contributed by atoms with van der Waals surface area (Å²) in [5.41, 5.74) is 11.5. The highest BCUT2D eigenvalue weighted by Gasteiger charge is 2.07. The molecule has 24 heavy (non-hydrogen) atoms. The van der Waals surface area contributed by atoms with Gasteiger partial charge in [-0.25, -0.2) is 4.99 Å². The molecular formula is C15H23N5O4. The highest BCUT2D eigenvalue weighted by Crippen LogP contribution is 2.12. The summed E-state index contributed by atoms with van der Waals surface area (Å²) in [4.78, 5) is 27.4. The fourth-order valence-corrected chi connectivity index (χ4v) is 1.67. The minimum Gasteiger partial charge on any atom is -0.382 e. The smallest absolute Gasteiger partial charge is 0.251 e. The first-order chi connectivity index (χ1) is 11.5. The van der Waals surface area contributed by atoms with Crippen molar-refractivity contribution in [2.24, 2.45) is 16.5 Å². The Balaban J connectivity index is 2.27. The second-order valence-corrected chi connectivity index (χ2v) is 4.72. The number of ether oxygens (including phenoxy) is 2. The fourth-order valence-electron chi connectivity index (χ4n) is 1.67. The first-order valence-electron chi connectivity index (χ1n) is 7.34. The first kappa shape index (κ1) is 19.4. The molecule has 0 aliphatic rings. The zero-order valence-corrected chi connectivity index (χ0v) is 13.6. The second-order valence-electron chi connectivity index (χ2n) is 4.72. The summed E-state index contributed by atoms with van der Waals surface area (Å²) >= 11 is 0. The topological polar surface area (TPSA) is 141 Å². The van der Waals surface area contributed by atoms with Crippen LogP contribution < -0.4 is 22.1 Å². The molecule has 1 aromatic rings. The van der Waals surface area contributed by atoms with Crippen molar-refractivity contribution in [3.63, 3.8) is 0 Å². The van der Waals surface area contributed by atoms with Gasteiger partial charge in [0.05, 0.1) is 32.1 Å². The molecule has 0 radical (unpaired) electrons. The number of carbonyl (C=O) groups is 2. The van der Waals surface area contributed by atoms with E-state index in [0.29, 0.717) is 37.6 Å². The largest absolute Gasteiger partial charge is 0.382 e. The molecule has 0 aliphatic carbocycles. The molecule has 132 valence electrons. The van der Waals surface area contributed by atoms with Crippen molar-refractivity contribution < 1.29 is 19.1 Å². The maximum absolute atomic E-state index is 11.9. The Labute approximate surface area is 140 Å². The van der Waals surface area contributed by atoms with Crippen LogP contribution in [-0.2, 0) is 14.3 Å². The monoisotopic (exact) mass is 337 g/mol. The van der Waals surface area contributed by atoms with Crippen LogP contribution in [0.15, 0.2) is 29.3 Å². The van der Waals surface area contributed by atoms with Crippen LogP contribution in [0.4, 0.5) is 5.69 Å². The molecule has 9 nitrogen and oxygen atoms in total. The zero-order chi connectivity index (χ0) is 17.8. The molecule has 1 aromatic carbocycles. The minimum absolute atomic E-state index is 0.0601. The number of nitrogens with two attached hydrogens (primary N) is 2. The molecule has 9 heteroatoms. The van der Waals surface area contributed by atoms with E-state index in [1.165, 1.54) is 0 Å². The summed E-state index contributed by atoms with van der Waals surface area (Å²) in [6, 6.07) is 6.34. The maximum atomic E-state index is 11.9. The summed E-state index contributed by atoms with van der Waals surface area (Å²) in [6.45, 7) is 1.61. The number of carbonyl (C=O) groups excluding carboxylic acids is 2. The van der Waals surface area contributed by atoms with Crippen molar-refractivity contribution in [3.05, 3.63) is 29.8 Å². The Morgan fingerprint density at radius 3 is 2.42 bits per heavy atom. The van der Waals surface area contributed by atoms with Gasteiger partial charge in [0.15, 0.2) is 5.96 Å². The number of benzene rings is 1. The molecule has 0 spiro atoms. The predicted molar refractivity (Wildman–Crippen MR) is 89.9 cm³/mol. The van der Waals surface area contributed by atoms with E-state index in [0.717, 1.165) is 0 Å². The van der Waals surface area contributed by atoms with E-state index in [9.17, 15) is 9.59 Å². The van der Waals surface area contributed by atoms with Crippen molar-refractivity contribution in [3.8, 4) is 0 Å². The number of nitrogens with one attached hydrogen (secondary N) is 2.